The van der Waals surface area contributed by atoms with Crippen LogP contribution in [0.4, 0.5) is 4.79 Å². The van der Waals surface area contributed by atoms with Crippen molar-refractivity contribution in [3.8, 4) is 11.3 Å². The van der Waals surface area contributed by atoms with Gasteiger partial charge in [0.2, 0.25) is 0 Å². The number of amides is 1. The van der Waals surface area contributed by atoms with Gasteiger partial charge in [-0.2, -0.15) is 0 Å². The first-order chi connectivity index (χ1) is 8.25. The van der Waals surface area contributed by atoms with E-state index in [1.54, 1.807) is 6.20 Å². The van der Waals surface area contributed by atoms with E-state index in [2.05, 4.69) is 10.3 Å². The van der Waals surface area contributed by atoms with Crippen molar-refractivity contribution in [1.29, 1.82) is 0 Å². The molecule has 1 heterocycles. The first-order valence-corrected chi connectivity index (χ1v) is 5.23. The number of carboxylic acid groups (broad SMARTS) is 1. The average molecular weight is 228 g/mol. The van der Waals surface area contributed by atoms with E-state index in [4.69, 9.17) is 5.11 Å². The van der Waals surface area contributed by atoms with Crippen molar-refractivity contribution in [3.05, 3.63) is 54.2 Å². The molecule has 0 saturated carbocycles. The van der Waals surface area contributed by atoms with E-state index in [9.17, 15) is 4.79 Å². The Hall–Kier alpha value is -2.36. The lowest BCUT2D eigenvalue weighted by molar-refractivity contribution is 0.194. The lowest BCUT2D eigenvalue weighted by Gasteiger charge is -2.04. The van der Waals surface area contributed by atoms with Crippen LogP contribution in [-0.4, -0.2) is 16.2 Å². The van der Waals surface area contributed by atoms with Crippen LogP contribution in [0.5, 0.6) is 0 Å². The van der Waals surface area contributed by atoms with Crippen LogP contribution in [0.1, 0.15) is 5.56 Å². The molecule has 1 aromatic heterocycles. The maximum atomic E-state index is 10.4. The molecule has 2 N–H and O–H groups in total. The summed E-state index contributed by atoms with van der Waals surface area (Å²) in [6.45, 7) is 0.302. The van der Waals surface area contributed by atoms with E-state index < -0.39 is 6.09 Å². The predicted octanol–water partition coefficient (Wildman–Crippen LogP) is 2.52. The molecule has 0 spiro atoms. The van der Waals surface area contributed by atoms with Crippen LogP contribution >= 0.6 is 0 Å². The third-order valence-electron chi connectivity index (χ3n) is 2.33. The molecule has 2 rings (SSSR count). The number of benzene rings is 1. The van der Waals surface area contributed by atoms with E-state index >= 15 is 0 Å². The summed E-state index contributed by atoms with van der Waals surface area (Å²) in [4.78, 5) is 14.7. The van der Waals surface area contributed by atoms with Gasteiger partial charge >= 0.3 is 6.09 Å². The van der Waals surface area contributed by atoms with Gasteiger partial charge in [-0.05, 0) is 23.8 Å². The maximum absolute atomic E-state index is 10.4. The van der Waals surface area contributed by atoms with Crippen LogP contribution in [0.25, 0.3) is 11.3 Å². The number of nitrogens with one attached hydrogen (secondary N) is 1. The van der Waals surface area contributed by atoms with E-state index in [1.165, 1.54) is 0 Å². The molecule has 17 heavy (non-hydrogen) atoms. The second-order valence-electron chi connectivity index (χ2n) is 3.57. The van der Waals surface area contributed by atoms with Gasteiger partial charge in [-0.25, -0.2) is 4.79 Å². The number of aromatic nitrogens is 1. The molecule has 86 valence electrons. The molecular formula is C13H12N2O2. The summed E-state index contributed by atoms with van der Waals surface area (Å²) in [5, 5.41) is 10.9. The van der Waals surface area contributed by atoms with Gasteiger partial charge in [0.1, 0.15) is 0 Å². The molecule has 0 radical (unpaired) electrons. The SMILES string of the molecule is O=C(O)NCc1cccc(-c2ccccn2)c1. The highest BCUT2D eigenvalue weighted by atomic mass is 16.4. The van der Waals surface area contributed by atoms with Gasteiger partial charge in [0, 0.05) is 18.3 Å². The molecule has 0 saturated heterocycles. The minimum Gasteiger partial charge on any atom is -0.465 e. The van der Waals surface area contributed by atoms with Crippen molar-refractivity contribution >= 4 is 6.09 Å². The van der Waals surface area contributed by atoms with Crippen LogP contribution in [0, 0.1) is 0 Å². The summed E-state index contributed by atoms with van der Waals surface area (Å²) >= 11 is 0. The van der Waals surface area contributed by atoms with Gasteiger partial charge in [-0.1, -0.05) is 24.3 Å². The summed E-state index contributed by atoms with van der Waals surface area (Å²) in [6.07, 6.45) is 0.713. The first-order valence-electron chi connectivity index (χ1n) is 5.23. The quantitative estimate of drug-likeness (QED) is 0.848. The first kappa shape index (κ1) is 11.1. The van der Waals surface area contributed by atoms with Gasteiger partial charge in [0.25, 0.3) is 0 Å². The van der Waals surface area contributed by atoms with Gasteiger partial charge in [0.05, 0.1) is 5.69 Å². The molecule has 0 aliphatic heterocycles. The molecule has 0 aliphatic rings. The molecule has 4 nitrogen and oxygen atoms in total. The number of pyridine rings is 1. The second kappa shape index (κ2) is 5.12. The van der Waals surface area contributed by atoms with Crippen LogP contribution < -0.4 is 5.32 Å². The summed E-state index contributed by atoms with van der Waals surface area (Å²) in [5.74, 6) is 0. The lowest BCUT2D eigenvalue weighted by atomic mass is 10.1. The standard InChI is InChI=1S/C13H12N2O2/c16-13(17)15-9-10-4-3-5-11(8-10)12-6-1-2-7-14-12/h1-8,15H,9H2,(H,16,17). The van der Waals surface area contributed by atoms with Gasteiger partial charge < -0.3 is 10.4 Å². The largest absolute Gasteiger partial charge is 0.465 e. The summed E-state index contributed by atoms with van der Waals surface area (Å²) in [7, 11) is 0. The van der Waals surface area contributed by atoms with Crippen molar-refractivity contribution in [2.24, 2.45) is 0 Å². The molecule has 0 aliphatic carbocycles. The average Bonchev–Trinajstić information content (AvgIpc) is 2.38. The predicted molar refractivity (Wildman–Crippen MR) is 64.5 cm³/mol. The van der Waals surface area contributed by atoms with Crippen LogP contribution in [0.2, 0.25) is 0 Å². The second-order valence-corrected chi connectivity index (χ2v) is 3.57. The smallest absolute Gasteiger partial charge is 0.404 e. The van der Waals surface area contributed by atoms with E-state index in [0.29, 0.717) is 6.54 Å². The van der Waals surface area contributed by atoms with Gasteiger partial charge in [-0.15, -0.1) is 0 Å². The Morgan fingerprint density at radius 2 is 2.12 bits per heavy atom. The fourth-order valence-electron chi connectivity index (χ4n) is 1.55. The highest BCUT2D eigenvalue weighted by Crippen LogP contribution is 2.17. The Bertz CT molecular complexity index is 512. The molecule has 1 aromatic carbocycles. The zero-order valence-electron chi connectivity index (χ0n) is 9.13. The Morgan fingerprint density at radius 3 is 2.82 bits per heavy atom. The normalized spacial score (nSPS) is 9.88. The molecular weight excluding hydrogens is 216 g/mol. The number of hydrogen-bond acceptors (Lipinski definition) is 2. The maximum Gasteiger partial charge on any atom is 0.404 e. The van der Waals surface area contributed by atoms with Crippen LogP contribution in [0.3, 0.4) is 0 Å². The monoisotopic (exact) mass is 228 g/mol. The lowest BCUT2D eigenvalue weighted by Crippen LogP contribution is -2.19. The zero-order chi connectivity index (χ0) is 12.1. The molecule has 4 heteroatoms. The van der Waals surface area contributed by atoms with Crippen LogP contribution in [-0.2, 0) is 6.54 Å². The molecule has 0 fully saturated rings. The van der Waals surface area contributed by atoms with Crippen molar-refractivity contribution in [2.45, 2.75) is 6.54 Å². The number of carbonyl (C=O) groups is 1. The highest BCUT2D eigenvalue weighted by Gasteiger charge is 2.01. The minimum atomic E-state index is -1.02. The number of nitrogens with zero attached hydrogens (tertiary/aromatic N) is 1. The summed E-state index contributed by atoms with van der Waals surface area (Å²) in [6, 6.07) is 13.4. The molecule has 2 aromatic rings. The van der Waals surface area contributed by atoms with E-state index in [1.807, 2.05) is 42.5 Å². The molecule has 0 unspecified atom stereocenters. The van der Waals surface area contributed by atoms with Gasteiger partial charge in [-0.3, -0.25) is 4.98 Å². The fraction of sp³-hybridized carbons (Fsp3) is 0.0769. The zero-order valence-corrected chi connectivity index (χ0v) is 9.13. The van der Waals surface area contributed by atoms with Crippen molar-refractivity contribution in [3.63, 3.8) is 0 Å². The summed E-state index contributed by atoms with van der Waals surface area (Å²) < 4.78 is 0. The fourth-order valence-corrected chi connectivity index (χ4v) is 1.55. The third kappa shape index (κ3) is 3.04. The Labute approximate surface area is 98.9 Å². The summed E-state index contributed by atoms with van der Waals surface area (Å²) in [5.41, 5.74) is 2.77. The third-order valence-corrected chi connectivity index (χ3v) is 2.33. The molecule has 1 amide bonds. The van der Waals surface area contributed by atoms with E-state index in [0.717, 1.165) is 16.8 Å². The molecule has 0 atom stereocenters. The van der Waals surface area contributed by atoms with E-state index in [-0.39, 0.29) is 0 Å². The minimum absolute atomic E-state index is 0.302. The number of hydrogen-bond donors (Lipinski definition) is 2. The number of rotatable bonds is 3. The van der Waals surface area contributed by atoms with Crippen molar-refractivity contribution in [2.75, 3.05) is 0 Å². The van der Waals surface area contributed by atoms with Crippen LogP contribution in [0.15, 0.2) is 48.7 Å². The molecule has 0 bridgehead atoms. The Balaban J connectivity index is 2.20. The topological polar surface area (TPSA) is 62.2 Å². The highest BCUT2D eigenvalue weighted by molar-refractivity contribution is 5.65. The Kier molecular flexibility index (Phi) is 3.35. The van der Waals surface area contributed by atoms with Gasteiger partial charge in [0.15, 0.2) is 0 Å². The Morgan fingerprint density at radius 1 is 1.24 bits per heavy atom. The van der Waals surface area contributed by atoms with Crippen molar-refractivity contribution < 1.29 is 9.90 Å². The van der Waals surface area contributed by atoms with Crippen molar-refractivity contribution in [1.82, 2.24) is 10.3 Å².